The van der Waals surface area contributed by atoms with Crippen molar-refractivity contribution in [3.63, 3.8) is 0 Å². The van der Waals surface area contributed by atoms with Crippen LogP contribution in [0.3, 0.4) is 0 Å². The Balaban J connectivity index is 2.40. The molecule has 1 aromatic rings. The second-order valence-electron chi connectivity index (χ2n) is 3.71. The lowest BCUT2D eigenvalue weighted by molar-refractivity contribution is -0.123. The quantitative estimate of drug-likeness (QED) is 0.821. The highest BCUT2D eigenvalue weighted by atomic mass is 35.5. The van der Waals surface area contributed by atoms with E-state index in [0.29, 0.717) is 28.8 Å². The number of hydrogen-bond donors (Lipinski definition) is 1. The number of amides is 1. The molecular formula is C11H13ClN2O3. The highest BCUT2D eigenvalue weighted by Gasteiger charge is 2.36. The van der Waals surface area contributed by atoms with Crippen molar-refractivity contribution in [2.45, 2.75) is 6.04 Å². The molecule has 0 radical (unpaired) electrons. The van der Waals surface area contributed by atoms with Crippen molar-refractivity contribution in [1.82, 2.24) is 0 Å². The van der Waals surface area contributed by atoms with Crippen molar-refractivity contribution in [1.29, 1.82) is 0 Å². The summed E-state index contributed by atoms with van der Waals surface area (Å²) in [6, 6.07) is 2.86. The van der Waals surface area contributed by atoms with Crippen LogP contribution in [0.1, 0.15) is 0 Å². The number of β-lactam (4-membered cyclic amide) rings is 1. The minimum absolute atomic E-state index is 0.135. The smallest absolute Gasteiger partial charge is 0.245 e. The van der Waals surface area contributed by atoms with E-state index in [4.69, 9.17) is 26.8 Å². The Morgan fingerprint density at radius 1 is 1.35 bits per heavy atom. The number of anilines is 1. The van der Waals surface area contributed by atoms with Crippen LogP contribution in [0.5, 0.6) is 11.5 Å². The highest BCUT2D eigenvalue weighted by Crippen LogP contribution is 2.39. The van der Waals surface area contributed by atoms with Crippen molar-refractivity contribution in [3.8, 4) is 11.5 Å². The Hall–Kier alpha value is -1.46. The number of ether oxygens (including phenoxy) is 2. The fraction of sp³-hybridized carbons (Fsp3) is 0.364. The molecule has 5 nitrogen and oxygen atoms in total. The summed E-state index contributed by atoms with van der Waals surface area (Å²) in [5.74, 6) is 0.903. The molecule has 0 aliphatic carbocycles. The van der Waals surface area contributed by atoms with Gasteiger partial charge in [-0.1, -0.05) is 11.6 Å². The zero-order valence-electron chi connectivity index (χ0n) is 9.57. The van der Waals surface area contributed by atoms with Gasteiger partial charge < -0.3 is 20.1 Å². The van der Waals surface area contributed by atoms with E-state index >= 15 is 0 Å². The van der Waals surface area contributed by atoms with Gasteiger partial charge in [-0.05, 0) is 6.07 Å². The van der Waals surface area contributed by atoms with E-state index in [1.165, 1.54) is 19.1 Å². The Bertz CT molecular complexity index is 464. The monoisotopic (exact) mass is 256 g/mol. The summed E-state index contributed by atoms with van der Waals surface area (Å²) in [7, 11) is 3.04. The zero-order valence-corrected chi connectivity index (χ0v) is 10.3. The third-order valence-electron chi connectivity index (χ3n) is 2.71. The molecule has 0 saturated carbocycles. The topological polar surface area (TPSA) is 64.8 Å². The van der Waals surface area contributed by atoms with Gasteiger partial charge in [0.25, 0.3) is 0 Å². The number of nitrogens with zero attached hydrogens (tertiary/aromatic N) is 1. The number of carbonyl (C=O) groups is 1. The second kappa shape index (κ2) is 4.43. The van der Waals surface area contributed by atoms with Gasteiger partial charge in [0.15, 0.2) is 0 Å². The van der Waals surface area contributed by atoms with Gasteiger partial charge in [-0.2, -0.15) is 0 Å². The molecule has 92 valence electrons. The molecule has 6 heteroatoms. The van der Waals surface area contributed by atoms with E-state index in [2.05, 4.69) is 0 Å². The average molecular weight is 257 g/mol. The van der Waals surface area contributed by atoms with E-state index < -0.39 is 6.04 Å². The molecule has 0 bridgehead atoms. The lowest BCUT2D eigenvalue weighted by atomic mass is 10.1. The third kappa shape index (κ3) is 1.92. The molecule has 1 saturated heterocycles. The number of benzene rings is 1. The van der Waals surface area contributed by atoms with Crippen molar-refractivity contribution >= 4 is 23.2 Å². The van der Waals surface area contributed by atoms with E-state index in [9.17, 15) is 4.79 Å². The van der Waals surface area contributed by atoms with Gasteiger partial charge in [0, 0.05) is 6.07 Å². The summed E-state index contributed by atoms with van der Waals surface area (Å²) in [6.07, 6.45) is 0. The van der Waals surface area contributed by atoms with Crippen LogP contribution in [-0.4, -0.2) is 32.7 Å². The molecule has 0 spiro atoms. The lowest BCUT2D eigenvalue weighted by Gasteiger charge is -2.36. The predicted molar refractivity (Wildman–Crippen MR) is 64.9 cm³/mol. The Morgan fingerprint density at radius 3 is 2.47 bits per heavy atom. The molecule has 1 heterocycles. The first kappa shape index (κ1) is 12.0. The van der Waals surface area contributed by atoms with Crippen molar-refractivity contribution in [2.75, 3.05) is 25.7 Å². The van der Waals surface area contributed by atoms with Gasteiger partial charge in [-0.25, -0.2) is 0 Å². The maximum Gasteiger partial charge on any atom is 0.245 e. The van der Waals surface area contributed by atoms with E-state index in [1.54, 1.807) is 12.1 Å². The highest BCUT2D eigenvalue weighted by molar-refractivity contribution is 6.32. The van der Waals surface area contributed by atoms with Crippen LogP contribution >= 0.6 is 11.6 Å². The molecule has 0 aromatic heterocycles. The summed E-state index contributed by atoms with van der Waals surface area (Å²) in [4.78, 5) is 13.1. The molecule has 1 amide bonds. The van der Waals surface area contributed by atoms with Gasteiger partial charge in [0.1, 0.15) is 17.5 Å². The van der Waals surface area contributed by atoms with Gasteiger partial charge >= 0.3 is 0 Å². The van der Waals surface area contributed by atoms with Gasteiger partial charge in [-0.15, -0.1) is 0 Å². The molecule has 2 N–H and O–H groups in total. The number of hydrogen-bond acceptors (Lipinski definition) is 4. The average Bonchev–Trinajstić information content (AvgIpc) is 2.35. The van der Waals surface area contributed by atoms with E-state index in [1.807, 2.05) is 0 Å². The number of rotatable bonds is 3. The van der Waals surface area contributed by atoms with Crippen LogP contribution in [0.4, 0.5) is 5.69 Å². The van der Waals surface area contributed by atoms with Crippen LogP contribution in [0.15, 0.2) is 12.1 Å². The second-order valence-corrected chi connectivity index (χ2v) is 4.12. The number of halogens is 1. The summed E-state index contributed by atoms with van der Waals surface area (Å²) < 4.78 is 10.3. The minimum atomic E-state index is -0.430. The maximum absolute atomic E-state index is 11.6. The largest absolute Gasteiger partial charge is 0.495 e. The van der Waals surface area contributed by atoms with E-state index in [-0.39, 0.29) is 5.91 Å². The normalized spacial score (nSPS) is 18.9. The fourth-order valence-corrected chi connectivity index (χ4v) is 1.96. The predicted octanol–water partition coefficient (Wildman–Crippen LogP) is 1.03. The third-order valence-corrected chi connectivity index (χ3v) is 3.00. The molecule has 1 aliphatic heterocycles. The molecule has 1 atom stereocenters. The fourth-order valence-electron chi connectivity index (χ4n) is 1.72. The van der Waals surface area contributed by atoms with Crippen LogP contribution in [-0.2, 0) is 4.79 Å². The molecule has 17 heavy (non-hydrogen) atoms. The van der Waals surface area contributed by atoms with Crippen LogP contribution < -0.4 is 20.1 Å². The van der Waals surface area contributed by atoms with Crippen molar-refractivity contribution in [2.24, 2.45) is 5.73 Å². The number of nitrogens with two attached hydrogens (primary N) is 1. The molecule has 1 fully saturated rings. The van der Waals surface area contributed by atoms with Crippen molar-refractivity contribution in [3.05, 3.63) is 17.2 Å². The molecule has 1 aromatic carbocycles. The number of carbonyl (C=O) groups excluding carboxylic acids is 1. The van der Waals surface area contributed by atoms with E-state index in [0.717, 1.165) is 0 Å². The summed E-state index contributed by atoms with van der Waals surface area (Å²) in [5, 5.41) is 0.427. The Labute approximate surface area is 104 Å². The first-order valence-corrected chi connectivity index (χ1v) is 5.44. The Kier molecular flexibility index (Phi) is 3.13. The van der Waals surface area contributed by atoms with Crippen LogP contribution in [0.2, 0.25) is 5.02 Å². The van der Waals surface area contributed by atoms with Crippen LogP contribution in [0, 0.1) is 0 Å². The lowest BCUT2D eigenvalue weighted by Crippen LogP contribution is -2.61. The van der Waals surface area contributed by atoms with Gasteiger partial charge in [0.2, 0.25) is 5.91 Å². The summed E-state index contributed by atoms with van der Waals surface area (Å²) in [6.45, 7) is 0.470. The number of methoxy groups -OCH3 is 2. The maximum atomic E-state index is 11.6. The molecule has 2 rings (SSSR count). The standard InChI is InChI=1S/C11H13ClN2O3/c1-16-9-4-10(17-2)8(3-6(9)12)14-5-7(13)11(14)15/h3-4,7H,5,13H2,1-2H3. The van der Waals surface area contributed by atoms with Crippen LogP contribution in [0.25, 0.3) is 0 Å². The SMILES string of the molecule is COc1cc(OC)c(N2CC(N)C2=O)cc1Cl. The van der Waals surface area contributed by atoms with Crippen molar-refractivity contribution < 1.29 is 14.3 Å². The molecule has 1 unspecified atom stereocenters. The zero-order chi connectivity index (χ0) is 12.6. The molecule has 1 aliphatic rings. The summed E-state index contributed by atoms with van der Waals surface area (Å²) >= 11 is 6.02. The Morgan fingerprint density at radius 2 is 2.00 bits per heavy atom. The first-order valence-electron chi connectivity index (χ1n) is 5.07. The summed E-state index contributed by atoms with van der Waals surface area (Å²) in [5.41, 5.74) is 6.16. The first-order chi connectivity index (χ1) is 8.08. The van der Waals surface area contributed by atoms with Gasteiger partial charge in [0.05, 0.1) is 31.5 Å². The molecular weight excluding hydrogens is 244 g/mol. The van der Waals surface area contributed by atoms with Gasteiger partial charge in [-0.3, -0.25) is 4.79 Å². The minimum Gasteiger partial charge on any atom is -0.495 e.